The number of aryl methyl sites for hydroxylation is 1. The second kappa shape index (κ2) is 7.32. The average Bonchev–Trinajstić information content (AvgIpc) is 3.10. The molecule has 1 amide bonds. The fraction of sp³-hybridized carbons (Fsp3) is 0.211. The molecule has 0 saturated carbocycles. The first-order valence-electron chi connectivity index (χ1n) is 8.33. The Morgan fingerprint density at radius 1 is 1.07 bits per heavy atom. The molecule has 140 valence electrons. The second-order valence-electron chi connectivity index (χ2n) is 6.35. The lowest BCUT2D eigenvalue weighted by Crippen LogP contribution is -2.13. The van der Waals surface area contributed by atoms with Crippen molar-refractivity contribution in [1.29, 1.82) is 0 Å². The highest BCUT2D eigenvalue weighted by molar-refractivity contribution is 7.92. The van der Waals surface area contributed by atoms with Gasteiger partial charge in [-0.05, 0) is 57.2 Å². The van der Waals surface area contributed by atoms with Crippen LogP contribution in [0.4, 0.5) is 6.01 Å². The van der Waals surface area contributed by atoms with Crippen LogP contribution in [0.25, 0.3) is 11.5 Å². The maximum atomic E-state index is 12.2. The molecule has 0 radical (unpaired) electrons. The molecule has 0 fully saturated rings. The number of anilines is 1. The van der Waals surface area contributed by atoms with Crippen LogP contribution in [-0.2, 0) is 9.84 Å². The molecular formula is C19H19N3O4S. The van der Waals surface area contributed by atoms with Crippen LogP contribution in [0.3, 0.4) is 0 Å². The number of carbonyl (C=O) groups excluding carboxylic acids is 1. The van der Waals surface area contributed by atoms with Crippen LogP contribution in [0.5, 0.6) is 0 Å². The van der Waals surface area contributed by atoms with E-state index in [4.69, 9.17) is 4.42 Å². The number of hydrogen-bond donors (Lipinski definition) is 1. The van der Waals surface area contributed by atoms with Crippen molar-refractivity contribution < 1.29 is 17.6 Å². The van der Waals surface area contributed by atoms with Crippen LogP contribution >= 0.6 is 0 Å². The summed E-state index contributed by atoms with van der Waals surface area (Å²) < 4.78 is 29.8. The fourth-order valence-corrected chi connectivity index (χ4v) is 3.47. The minimum absolute atomic E-state index is 0.0321. The number of hydrogen-bond acceptors (Lipinski definition) is 6. The molecule has 2 aromatic carbocycles. The maximum absolute atomic E-state index is 12.2. The van der Waals surface area contributed by atoms with Crippen molar-refractivity contribution >= 4 is 21.8 Å². The van der Waals surface area contributed by atoms with Crippen molar-refractivity contribution in [1.82, 2.24) is 10.2 Å². The second-order valence-corrected chi connectivity index (χ2v) is 8.86. The highest BCUT2D eigenvalue weighted by atomic mass is 32.2. The van der Waals surface area contributed by atoms with Crippen LogP contribution in [0.1, 0.15) is 29.8 Å². The number of amides is 1. The molecule has 0 aliphatic rings. The summed E-state index contributed by atoms with van der Waals surface area (Å²) in [5.41, 5.74) is 2.00. The average molecular weight is 385 g/mol. The van der Waals surface area contributed by atoms with E-state index in [1.807, 2.05) is 13.0 Å². The zero-order valence-electron chi connectivity index (χ0n) is 15.1. The lowest BCUT2D eigenvalue weighted by Gasteiger charge is -2.07. The van der Waals surface area contributed by atoms with E-state index in [-0.39, 0.29) is 22.7 Å². The Bertz CT molecular complexity index is 1070. The van der Waals surface area contributed by atoms with Gasteiger partial charge in [-0.25, -0.2) is 8.42 Å². The lowest BCUT2D eigenvalue weighted by atomic mass is 10.1. The van der Waals surface area contributed by atoms with E-state index in [0.29, 0.717) is 11.1 Å². The van der Waals surface area contributed by atoms with E-state index >= 15 is 0 Å². The van der Waals surface area contributed by atoms with Crippen LogP contribution < -0.4 is 5.32 Å². The summed E-state index contributed by atoms with van der Waals surface area (Å²) in [6.45, 7) is 5.15. The Morgan fingerprint density at radius 3 is 2.41 bits per heavy atom. The molecule has 0 aliphatic carbocycles. The largest absolute Gasteiger partial charge is 0.403 e. The van der Waals surface area contributed by atoms with Crippen LogP contribution in [-0.4, -0.2) is 29.8 Å². The molecular weight excluding hydrogens is 366 g/mol. The van der Waals surface area contributed by atoms with Crippen molar-refractivity contribution in [2.24, 2.45) is 0 Å². The molecule has 0 spiro atoms. The number of sulfone groups is 1. The van der Waals surface area contributed by atoms with Gasteiger partial charge in [-0.3, -0.25) is 10.1 Å². The molecule has 0 bridgehead atoms. The van der Waals surface area contributed by atoms with Gasteiger partial charge in [0.1, 0.15) is 0 Å². The number of benzene rings is 2. The fourth-order valence-electron chi connectivity index (χ4n) is 2.41. The first kappa shape index (κ1) is 18.8. The molecule has 3 rings (SSSR count). The maximum Gasteiger partial charge on any atom is 0.322 e. The number of nitrogens with one attached hydrogen (secondary N) is 1. The highest BCUT2D eigenvalue weighted by Gasteiger charge is 2.19. The normalized spacial score (nSPS) is 11.6. The van der Waals surface area contributed by atoms with Crippen LogP contribution in [0.15, 0.2) is 57.8 Å². The van der Waals surface area contributed by atoms with Gasteiger partial charge in [0.2, 0.25) is 5.89 Å². The Labute approximate surface area is 157 Å². The molecule has 0 unspecified atom stereocenters. The van der Waals surface area contributed by atoms with Gasteiger partial charge in [-0.1, -0.05) is 22.8 Å². The molecule has 1 N–H and O–H groups in total. The number of rotatable bonds is 5. The molecule has 1 heterocycles. The van der Waals surface area contributed by atoms with Crippen molar-refractivity contribution in [3.05, 3.63) is 59.7 Å². The standard InChI is InChI=1S/C19H19N3O4S/c1-12(2)27(24,25)16-9-7-14(8-10-16)18-21-22-19(26-18)20-17(23)15-6-4-5-13(3)11-15/h4-12H,1-3H3,(H,20,22,23). The van der Waals surface area contributed by atoms with E-state index in [0.717, 1.165) is 5.56 Å². The van der Waals surface area contributed by atoms with Gasteiger partial charge in [0.15, 0.2) is 9.84 Å². The Kier molecular flexibility index (Phi) is 5.09. The Hall–Kier alpha value is -3.00. The van der Waals surface area contributed by atoms with E-state index in [1.54, 1.807) is 44.2 Å². The number of carbonyl (C=O) groups is 1. The lowest BCUT2D eigenvalue weighted by molar-refractivity contribution is 0.102. The predicted molar refractivity (Wildman–Crippen MR) is 101 cm³/mol. The molecule has 27 heavy (non-hydrogen) atoms. The summed E-state index contributed by atoms with van der Waals surface area (Å²) in [5.74, 6) is -0.171. The van der Waals surface area contributed by atoms with Crippen LogP contribution in [0.2, 0.25) is 0 Å². The molecule has 1 aromatic heterocycles. The van der Waals surface area contributed by atoms with E-state index in [1.165, 1.54) is 12.1 Å². The van der Waals surface area contributed by atoms with Gasteiger partial charge in [-0.15, -0.1) is 5.10 Å². The van der Waals surface area contributed by atoms with Gasteiger partial charge in [0.25, 0.3) is 5.91 Å². The van der Waals surface area contributed by atoms with Crippen molar-refractivity contribution in [3.63, 3.8) is 0 Å². The van der Waals surface area contributed by atoms with E-state index in [9.17, 15) is 13.2 Å². The molecule has 0 saturated heterocycles. The minimum Gasteiger partial charge on any atom is -0.403 e. The van der Waals surface area contributed by atoms with Gasteiger partial charge in [0, 0.05) is 11.1 Å². The highest BCUT2D eigenvalue weighted by Crippen LogP contribution is 2.23. The van der Waals surface area contributed by atoms with Crippen molar-refractivity contribution in [2.45, 2.75) is 30.9 Å². The smallest absolute Gasteiger partial charge is 0.322 e. The number of aromatic nitrogens is 2. The van der Waals surface area contributed by atoms with Crippen molar-refractivity contribution in [2.75, 3.05) is 5.32 Å². The number of nitrogens with zero attached hydrogens (tertiary/aromatic N) is 2. The van der Waals surface area contributed by atoms with Gasteiger partial charge in [0.05, 0.1) is 10.1 Å². The molecule has 0 aliphatic heterocycles. The molecule has 3 aromatic rings. The van der Waals surface area contributed by atoms with Crippen LogP contribution in [0, 0.1) is 6.92 Å². The van der Waals surface area contributed by atoms with Gasteiger partial charge >= 0.3 is 6.01 Å². The third kappa shape index (κ3) is 4.06. The molecule has 0 atom stereocenters. The summed E-state index contributed by atoms with van der Waals surface area (Å²) in [5, 5.41) is 9.76. The van der Waals surface area contributed by atoms with Gasteiger partial charge in [-0.2, -0.15) is 0 Å². The summed E-state index contributed by atoms with van der Waals surface area (Å²) >= 11 is 0. The zero-order valence-corrected chi connectivity index (χ0v) is 15.9. The summed E-state index contributed by atoms with van der Waals surface area (Å²) in [6.07, 6.45) is 0. The minimum atomic E-state index is -3.34. The Morgan fingerprint density at radius 2 is 1.78 bits per heavy atom. The monoisotopic (exact) mass is 385 g/mol. The SMILES string of the molecule is Cc1cccc(C(=O)Nc2nnc(-c3ccc(S(=O)(=O)C(C)C)cc3)o2)c1. The summed E-state index contributed by atoms with van der Waals surface area (Å²) in [4.78, 5) is 12.5. The quantitative estimate of drug-likeness (QED) is 0.721. The molecule has 8 heteroatoms. The molecule has 7 nitrogen and oxygen atoms in total. The summed E-state index contributed by atoms with van der Waals surface area (Å²) in [6, 6.07) is 13.3. The van der Waals surface area contributed by atoms with Gasteiger partial charge < -0.3 is 4.42 Å². The van der Waals surface area contributed by atoms with E-state index in [2.05, 4.69) is 15.5 Å². The predicted octanol–water partition coefficient (Wildman–Crippen LogP) is 3.48. The summed E-state index contributed by atoms with van der Waals surface area (Å²) in [7, 11) is -3.34. The van der Waals surface area contributed by atoms with Crippen molar-refractivity contribution in [3.8, 4) is 11.5 Å². The van der Waals surface area contributed by atoms with E-state index < -0.39 is 15.1 Å². The Balaban J connectivity index is 1.77. The topological polar surface area (TPSA) is 102 Å². The third-order valence-corrected chi connectivity index (χ3v) is 6.15. The first-order valence-corrected chi connectivity index (χ1v) is 9.88. The first-order chi connectivity index (χ1) is 12.8. The third-order valence-electron chi connectivity index (χ3n) is 3.98. The zero-order chi connectivity index (χ0) is 19.6.